The van der Waals surface area contributed by atoms with E-state index in [1.807, 2.05) is 56.1 Å². The van der Waals surface area contributed by atoms with Gasteiger partial charge in [0.05, 0.1) is 71.2 Å². The van der Waals surface area contributed by atoms with Crippen LogP contribution >= 0.6 is 11.3 Å². The predicted octanol–water partition coefficient (Wildman–Crippen LogP) is 9.15. The topological polar surface area (TPSA) is 202 Å². The number of piperidine rings is 1. The summed E-state index contributed by atoms with van der Waals surface area (Å²) in [7, 11) is 2.60. The summed E-state index contributed by atoms with van der Waals surface area (Å²) in [5.74, 6) is 2.56. The Morgan fingerprint density at radius 3 is 2.14 bits per heavy atom. The normalized spacial score (nSPS) is 22.3. The number of aromatic nitrogens is 6. The van der Waals surface area contributed by atoms with E-state index < -0.39 is 30.5 Å². The molecule has 70 heavy (non-hydrogen) atoms. The minimum atomic E-state index is -0.723. The minimum Gasteiger partial charge on any atom is -0.464 e. The van der Waals surface area contributed by atoms with Crippen molar-refractivity contribution in [2.24, 2.45) is 17.8 Å². The second-order valence-electron chi connectivity index (χ2n) is 20.4. The number of likely N-dealkylation sites (tertiary alicyclic amines) is 2. The van der Waals surface area contributed by atoms with E-state index >= 15 is 0 Å². The fourth-order valence-electron chi connectivity index (χ4n) is 11.2. The summed E-state index contributed by atoms with van der Waals surface area (Å²) < 4.78 is 19.1. The van der Waals surface area contributed by atoms with Gasteiger partial charge < -0.3 is 44.6 Å². The molecule has 4 aromatic heterocycles. The van der Waals surface area contributed by atoms with E-state index in [-0.39, 0.29) is 41.8 Å². The molecule has 4 amide bonds. The van der Waals surface area contributed by atoms with E-state index in [0.717, 1.165) is 110 Å². The predicted molar refractivity (Wildman–Crippen MR) is 263 cm³/mol. The van der Waals surface area contributed by atoms with Crippen LogP contribution in [0.25, 0.3) is 44.7 Å². The molecule has 17 nitrogen and oxygen atoms in total. The highest BCUT2D eigenvalue weighted by Crippen LogP contribution is 2.54. The average molecular weight is 969 g/mol. The van der Waals surface area contributed by atoms with Gasteiger partial charge in [0.1, 0.15) is 29.5 Å². The van der Waals surface area contributed by atoms with Gasteiger partial charge in [0.25, 0.3) is 0 Å². The van der Waals surface area contributed by atoms with Crippen molar-refractivity contribution in [3.05, 3.63) is 82.1 Å². The molecule has 0 bridgehead atoms. The molecule has 3 aliphatic heterocycles. The van der Waals surface area contributed by atoms with Crippen LogP contribution in [0.3, 0.4) is 0 Å². The molecule has 366 valence electrons. The van der Waals surface area contributed by atoms with Gasteiger partial charge in [0.15, 0.2) is 0 Å². The molecule has 4 fully saturated rings. The van der Waals surface area contributed by atoms with Crippen LogP contribution in [0.5, 0.6) is 5.75 Å². The first kappa shape index (κ1) is 45.7. The number of hydrogen-bond acceptors (Lipinski definition) is 11. The average Bonchev–Trinajstić information content (AvgIpc) is 4.09. The summed E-state index contributed by atoms with van der Waals surface area (Å²) in [4.78, 5) is 79.0. The molecular weight excluding hydrogens is 909 g/mol. The molecule has 18 heteroatoms. The third kappa shape index (κ3) is 7.97. The lowest BCUT2D eigenvalue weighted by Crippen LogP contribution is -2.52. The van der Waals surface area contributed by atoms with E-state index in [9.17, 15) is 19.2 Å². The van der Waals surface area contributed by atoms with Crippen molar-refractivity contribution >= 4 is 46.2 Å². The van der Waals surface area contributed by atoms with Gasteiger partial charge in [0, 0.05) is 46.8 Å². The number of methoxy groups -OCH3 is 2. The van der Waals surface area contributed by atoms with Crippen LogP contribution in [0, 0.1) is 24.7 Å². The maximum Gasteiger partial charge on any atom is 0.407 e. The summed E-state index contributed by atoms with van der Waals surface area (Å²) in [5, 5.41) is 7.70. The lowest BCUT2D eigenvalue weighted by Gasteiger charge is -2.31. The van der Waals surface area contributed by atoms with Crippen LogP contribution in [0.15, 0.2) is 55.0 Å². The van der Waals surface area contributed by atoms with Gasteiger partial charge in [-0.3, -0.25) is 14.2 Å². The van der Waals surface area contributed by atoms with Gasteiger partial charge in [-0.15, -0.1) is 11.3 Å². The monoisotopic (exact) mass is 968 g/mol. The molecule has 4 N–H and O–H groups in total. The minimum absolute atomic E-state index is 0.111. The lowest BCUT2D eigenvalue weighted by molar-refractivity contribution is -0.137. The zero-order chi connectivity index (χ0) is 48.7. The molecule has 2 aliphatic carbocycles. The highest BCUT2D eigenvalue weighted by atomic mass is 32.1. The molecule has 2 saturated carbocycles. The summed E-state index contributed by atoms with van der Waals surface area (Å²) in [6.07, 6.45) is 10.8. The number of imidazole rings is 2. The summed E-state index contributed by atoms with van der Waals surface area (Å²) in [5.41, 5.74) is 7.64. The van der Waals surface area contributed by atoms with E-state index in [0.29, 0.717) is 24.2 Å². The number of aromatic amines is 2. The first-order valence-corrected chi connectivity index (χ1v) is 25.5. The van der Waals surface area contributed by atoms with Crippen molar-refractivity contribution in [2.75, 3.05) is 20.8 Å². The maximum atomic E-state index is 14.1. The third-order valence-corrected chi connectivity index (χ3v) is 16.4. The van der Waals surface area contributed by atoms with E-state index in [2.05, 4.69) is 68.5 Å². The number of nitrogens with one attached hydrogen (secondary N) is 4. The van der Waals surface area contributed by atoms with E-state index in [1.54, 1.807) is 11.3 Å². The van der Waals surface area contributed by atoms with Gasteiger partial charge >= 0.3 is 12.2 Å². The number of benzene rings is 2. The zero-order valence-corrected chi connectivity index (χ0v) is 41.4. The summed E-state index contributed by atoms with van der Waals surface area (Å²) >= 11 is 1.73. The summed E-state index contributed by atoms with van der Waals surface area (Å²) in [6.45, 7) is 10.3. The first-order valence-electron chi connectivity index (χ1n) is 24.6. The smallest absolute Gasteiger partial charge is 0.407 e. The number of thiazole rings is 1. The quantitative estimate of drug-likeness (QED) is 0.0916. The number of ether oxygens (including phenoxy) is 3. The van der Waals surface area contributed by atoms with Crippen molar-refractivity contribution in [3.63, 3.8) is 0 Å². The Kier molecular flexibility index (Phi) is 11.7. The SMILES string of the molecule is COC(=O)N[C@H](C(=O)N1CCC[C@H]1c1ncc(-c2cc(C)c3c(c2)OC(c2cnc(C4CCC4)s2)n2c-3cc3cc(-c4cnc([C@@H]5C[C@H]6C[C@H]6N5C(=O)[C@@H](NC(=O)OC)C(C)C)[nH]4)ccc32)[nH]1)C(C)C. The van der Waals surface area contributed by atoms with E-state index in [4.69, 9.17) is 29.2 Å². The van der Waals surface area contributed by atoms with Crippen LogP contribution in [-0.4, -0.2) is 102 Å². The number of aryl methyl sites for hydroxylation is 1. The van der Waals surface area contributed by atoms with Crippen LogP contribution in [0.1, 0.15) is 124 Å². The molecule has 7 heterocycles. The number of alkyl carbamates (subject to hydrolysis) is 2. The molecular formula is C52H60N10O7S. The van der Waals surface area contributed by atoms with Crippen LogP contribution < -0.4 is 15.4 Å². The Bertz CT molecular complexity index is 3020. The second-order valence-corrected chi connectivity index (χ2v) is 21.5. The van der Waals surface area contributed by atoms with Gasteiger partial charge in [-0.1, -0.05) is 40.2 Å². The van der Waals surface area contributed by atoms with Gasteiger partial charge in [0.2, 0.25) is 18.0 Å². The molecule has 1 unspecified atom stereocenters. The second kappa shape index (κ2) is 17.9. The largest absolute Gasteiger partial charge is 0.464 e. The molecule has 11 rings (SSSR count). The first-order chi connectivity index (χ1) is 33.8. The number of carbonyl (C=O) groups excluding carboxylic acids is 4. The molecule has 7 atom stereocenters. The molecule has 5 aliphatic rings. The van der Waals surface area contributed by atoms with Crippen LogP contribution in [0.2, 0.25) is 0 Å². The third-order valence-electron chi connectivity index (χ3n) is 15.2. The number of amides is 4. The van der Waals surface area contributed by atoms with E-state index in [1.165, 1.54) is 20.6 Å². The number of hydrogen-bond donors (Lipinski definition) is 4. The van der Waals surface area contributed by atoms with Crippen molar-refractivity contribution in [2.45, 2.75) is 122 Å². The standard InChI is InChI=1S/C52H60N10O7S/c1-25(2)43(58-51(65)67-6)48(63)60-15-9-12-36(60)45-53-23-34(57-45)30-16-27(5)42-38-19-31-17-29(13-14-35(31)62(38)50(69-40(42)21-30)41-24-55-47(70-41)28-10-8-11-28)33-22-54-46(56-33)39-20-32-18-37(32)61(39)49(64)44(26(3)4)59-52(66)68-7/h13-14,16-17,19,21-26,28,32,36-37,39,43-44,50H,8-12,15,18,20H2,1-7H3,(H,53,57)(H,54,56)(H,58,65)(H,59,66)/t32-,36+,37-,39+,43+,44+,50?/m1/s1. The number of rotatable bonds is 12. The summed E-state index contributed by atoms with van der Waals surface area (Å²) in [6, 6.07) is 11.2. The van der Waals surface area contributed by atoms with Gasteiger partial charge in [-0.25, -0.2) is 24.5 Å². The fraction of sp³-hybridized carbons (Fsp3) is 0.481. The molecule has 0 radical (unpaired) electrons. The zero-order valence-electron chi connectivity index (χ0n) is 40.6. The van der Waals surface area contributed by atoms with Crippen molar-refractivity contribution in [1.82, 2.24) is 49.9 Å². The Hall–Kier alpha value is -6.69. The molecule has 6 aromatic rings. The fourth-order valence-corrected chi connectivity index (χ4v) is 12.3. The van der Waals surface area contributed by atoms with Crippen molar-refractivity contribution < 1.29 is 33.4 Å². The maximum absolute atomic E-state index is 14.1. The van der Waals surface area contributed by atoms with Crippen molar-refractivity contribution in [3.8, 4) is 39.5 Å². The Balaban J connectivity index is 0.912. The lowest BCUT2D eigenvalue weighted by atomic mass is 9.86. The van der Waals surface area contributed by atoms with Gasteiger partial charge in [-0.2, -0.15) is 0 Å². The number of carbonyl (C=O) groups is 4. The van der Waals surface area contributed by atoms with Crippen molar-refractivity contribution in [1.29, 1.82) is 0 Å². The van der Waals surface area contributed by atoms with Crippen LogP contribution in [-0.2, 0) is 19.1 Å². The Morgan fingerprint density at radius 2 is 1.47 bits per heavy atom. The highest BCUT2D eigenvalue weighted by Gasteiger charge is 2.56. The Labute approximate surface area is 410 Å². The molecule has 0 spiro atoms. The highest BCUT2D eigenvalue weighted by molar-refractivity contribution is 7.11. The van der Waals surface area contributed by atoms with Crippen LogP contribution in [0.4, 0.5) is 9.59 Å². The molecule has 2 aromatic carbocycles. The molecule has 2 saturated heterocycles. The van der Waals surface area contributed by atoms with Gasteiger partial charge in [-0.05, 0) is 99.1 Å². The Morgan fingerprint density at radius 1 is 0.786 bits per heavy atom. The number of fused-ring (bicyclic) bond motifs is 6. The number of H-pyrrole nitrogens is 2. The number of nitrogens with zero attached hydrogens (tertiary/aromatic N) is 6.